The summed E-state index contributed by atoms with van der Waals surface area (Å²) in [6.45, 7) is 7.46. The molecule has 0 spiro atoms. The van der Waals surface area contributed by atoms with Crippen molar-refractivity contribution in [2.75, 3.05) is 0 Å². The van der Waals surface area contributed by atoms with Crippen LogP contribution in [-0.4, -0.2) is 9.97 Å². The van der Waals surface area contributed by atoms with E-state index in [9.17, 15) is 0 Å². The van der Waals surface area contributed by atoms with Gasteiger partial charge in [0.25, 0.3) is 0 Å². The Morgan fingerprint density at radius 2 is 2.17 bits per heavy atom. The molecule has 0 radical (unpaired) electrons. The Kier molecular flexibility index (Phi) is 2.75. The van der Waals surface area contributed by atoms with E-state index in [1.807, 2.05) is 26.0 Å². The third-order valence-corrected chi connectivity index (χ3v) is 1.50. The summed E-state index contributed by atoms with van der Waals surface area (Å²) in [6, 6.07) is 0. The molecule has 0 atom stereocenters. The van der Waals surface area contributed by atoms with Crippen molar-refractivity contribution in [1.82, 2.24) is 9.97 Å². The van der Waals surface area contributed by atoms with Crippen molar-refractivity contribution in [3.8, 4) is 0 Å². The van der Waals surface area contributed by atoms with Gasteiger partial charge in [-0.05, 0) is 19.9 Å². The second-order valence-corrected chi connectivity index (χ2v) is 2.58. The van der Waals surface area contributed by atoms with Gasteiger partial charge in [0.15, 0.2) is 0 Å². The first-order chi connectivity index (χ1) is 5.74. The summed E-state index contributed by atoms with van der Waals surface area (Å²) in [5, 5.41) is 0. The fourth-order valence-electron chi connectivity index (χ4n) is 0.873. The molecule has 1 heterocycles. The van der Waals surface area contributed by atoms with Gasteiger partial charge in [0.1, 0.15) is 0 Å². The predicted molar refractivity (Wildman–Crippen MR) is 50.7 cm³/mol. The van der Waals surface area contributed by atoms with E-state index in [1.165, 1.54) is 0 Å². The van der Waals surface area contributed by atoms with Crippen LogP contribution in [0.25, 0.3) is 6.08 Å². The molecule has 0 aliphatic rings. The monoisotopic (exact) mass is 160 g/mol. The van der Waals surface area contributed by atoms with E-state index >= 15 is 0 Å². The van der Waals surface area contributed by atoms with Crippen molar-refractivity contribution in [3.63, 3.8) is 0 Å². The van der Waals surface area contributed by atoms with Crippen molar-refractivity contribution in [1.29, 1.82) is 0 Å². The molecule has 0 saturated carbocycles. The smallest absolute Gasteiger partial charge is 0.0845 e. The van der Waals surface area contributed by atoms with E-state index in [1.54, 1.807) is 12.3 Å². The maximum atomic E-state index is 4.31. The first-order valence-corrected chi connectivity index (χ1v) is 3.83. The van der Waals surface area contributed by atoms with Gasteiger partial charge < -0.3 is 0 Å². The topological polar surface area (TPSA) is 25.8 Å². The maximum Gasteiger partial charge on any atom is 0.0845 e. The van der Waals surface area contributed by atoms with Gasteiger partial charge >= 0.3 is 0 Å². The van der Waals surface area contributed by atoms with Gasteiger partial charge in [0, 0.05) is 6.20 Å². The van der Waals surface area contributed by atoms with Crippen molar-refractivity contribution in [3.05, 3.63) is 42.0 Å². The molecule has 0 aliphatic carbocycles. The summed E-state index contributed by atoms with van der Waals surface area (Å²) < 4.78 is 0. The lowest BCUT2D eigenvalue weighted by Gasteiger charge is -1.98. The summed E-state index contributed by atoms with van der Waals surface area (Å²) in [6.07, 6.45) is 7.25. The quantitative estimate of drug-likeness (QED) is 0.620. The molecular weight excluding hydrogens is 148 g/mol. The Hall–Kier alpha value is -1.44. The average Bonchev–Trinajstić information content (AvgIpc) is 2.07. The van der Waals surface area contributed by atoms with Crippen LogP contribution < -0.4 is 0 Å². The first kappa shape index (κ1) is 8.65. The van der Waals surface area contributed by atoms with Gasteiger partial charge in [-0.15, -0.1) is 0 Å². The number of hydrogen-bond acceptors (Lipinski definition) is 2. The van der Waals surface area contributed by atoms with Crippen LogP contribution in [0.4, 0.5) is 0 Å². The van der Waals surface area contributed by atoms with Crippen LogP contribution in [-0.2, 0) is 0 Å². The minimum absolute atomic E-state index is 0.912. The van der Waals surface area contributed by atoms with Gasteiger partial charge in [-0.1, -0.05) is 18.7 Å². The van der Waals surface area contributed by atoms with E-state index in [2.05, 4.69) is 16.5 Å². The second-order valence-electron chi connectivity index (χ2n) is 2.58. The molecule has 1 aromatic heterocycles. The third kappa shape index (κ3) is 2.02. The number of nitrogens with zero attached hydrogens (tertiary/aromatic N) is 2. The van der Waals surface area contributed by atoms with Gasteiger partial charge in [-0.2, -0.15) is 0 Å². The zero-order valence-electron chi connectivity index (χ0n) is 7.41. The fraction of sp³-hybridized carbons (Fsp3) is 0.200. The highest BCUT2D eigenvalue weighted by molar-refractivity contribution is 5.48. The van der Waals surface area contributed by atoms with Gasteiger partial charge in [-0.25, -0.2) is 0 Å². The van der Waals surface area contributed by atoms with Crippen molar-refractivity contribution in [2.24, 2.45) is 0 Å². The summed E-state index contributed by atoms with van der Waals surface area (Å²) in [7, 11) is 0. The summed E-state index contributed by atoms with van der Waals surface area (Å²) in [4.78, 5) is 8.50. The highest BCUT2D eigenvalue weighted by Crippen LogP contribution is 2.04. The molecule has 1 rings (SSSR count). The Bertz CT molecular complexity index is 314. The van der Waals surface area contributed by atoms with Crippen molar-refractivity contribution < 1.29 is 0 Å². The maximum absolute atomic E-state index is 4.31. The molecule has 1 aromatic rings. The lowest BCUT2D eigenvalue weighted by Crippen LogP contribution is -1.92. The molecule has 0 unspecified atom stereocenters. The molecule has 0 saturated heterocycles. The van der Waals surface area contributed by atoms with Crippen LogP contribution in [0.1, 0.15) is 17.1 Å². The van der Waals surface area contributed by atoms with E-state index in [4.69, 9.17) is 0 Å². The SMILES string of the molecule is C=C/C=C\c1nc(C)cnc1C. The minimum atomic E-state index is 0.912. The van der Waals surface area contributed by atoms with E-state index in [0.29, 0.717) is 0 Å². The standard InChI is InChI=1S/C10H12N2/c1-4-5-6-10-9(3)11-7-8(2)12-10/h4-7H,1H2,2-3H3/b6-5-. The number of aryl methyl sites for hydroxylation is 2. The van der Waals surface area contributed by atoms with Crippen molar-refractivity contribution in [2.45, 2.75) is 13.8 Å². The predicted octanol–water partition coefficient (Wildman–Crippen LogP) is 2.29. The van der Waals surface area contributed by atoms with Gasteiger partial charge in [-0.3, -0.25) is 9.97 Å². The van der Waals surface area contributed by atoms with Gasteiger partial charge in [0.2, 0.25) is 0 Å². The molecule has 0 fully saturated rings. The molecule has 0 bridgehead atoms. The molecule has 2 heteroatoms. The zero-order chi connectivity index (χ0) is 8.97. The lowest BCUT2D eigenvalue weighted by molar-refractivity contribution is 1.05. The van der Waals surface area contributed by atoms with Crippen LogP contribution in [0, 0.1) is 13.8 Å². The van der Waals surface area contributed by atoms with Crippen LogP contribution in [0.15, 0.2) is 24.9 Å². The number of allylic oxidation sites excluding steroid dienone is 2. The van der Waals surface area contributed by atoms with E-state index in [0.717, 1.165) is 17.1 Å². The fourth-order valence-corrected chi connectivity index (χ4v) is 0.873. The second kappa shape index (κ2) is 3.81. The van der Waals surface area contributed by atoms with Crippen LogP contribution in [0.5, 0.6) is 0 Å². The molecule has 0 aromatic carbocycles. The molecular formula is C10H12N2. The molecule has 0 aliphatic heterocycles. The zero-order valence-corrected chi connectivity index (χ0v) is 7.41. The lowest BCUT2D eigenvalue weighted by atomic mass is 10.3. The normalized spacial score (nSPS) is 10.5. The van der Waals surface area contributed by atoms with Crippen molar-refractivity contribution >= 4 is 6.08 Å². The number of rotatable bonds is 2. The Morgan fingerprint density at radius 1 is 1.42 bits per heavy atom. The highest BCUT2D eigenvalue weighted by Gasteiger charge is 1.95. The molecule has 0 amide bonds. The Balaban J connectivity index is 3.04. The largest absolute Gasteiger partial charge is 0.257 e. The van der Waals surface area contributed by atoms with Crippen LogP contribution in [0.2, 0.25) is 0 Å². The highest BCUT2D eigenvalue weighted by atomic mass is 14.8. The van der Waals surface area contributed by atoms with Crippen LogP contribution >= 0.6 is 0 Å². The molecule has 62 valence electrons. The number of aromatic nitrogens is 2. The summed E-state index contributed by atoms with van der Waals surface area (Å²) in [5.74, 6) is 0. The summed E-state index contributed by atoms with van der Waals surface area (Å²) >= 11 is 0. The molecule has 0 N–H and O–H groups in total. The number of hydrogen-bond donors (Lipinski definition) is 0. The van der Waals surface area contributed by atoms with E-state index in [-0.39, 0.29) is 0 Å². The third-order valence-electron chi connectivity index (χ3n) is 1.50. The Labute approximate surface area is 72.7 Å². The first-order valence-electron chi connectivity index (χ1n) is 3.83. The average molecular weight is 160 g/mol. The van der Waals surface area contributed by atoms with Gasteiger partial charge in [0.05, 0.1) is 17.1 Å². The van der Waals surface area contributed by atoms with Crippen LogP contribution in [0.3, 0.4) is 0 Å². The molecule has 12 heavy (non-hydrogen) atoms. The summed E-state index contributed by atoms with van der Waals surface area (Å²) in [5.41, 5.74) is 2.79. The minimum Gasteiger partial charge on any atom is -0.257 e. The molecule has 2 nitrogen and oxygen atoms in total. The van der Waals surface area contributed by atoms with E-state index < -0.39 is 0 Å². The Morgan fingerprint density at radius 3 is 2.83 bits per heavy atom.